The first-order chi connectivity index (χ1) is 13.5. The van der Waals surface area contributed by atoms with Gasteiger partial charge in [-0.15, -0.1) is 0 Å². The molecule has 0 spiro atoms. The number of carbonyl (C=O) groups is 1. The number of rotatable bonds is 11. The average Bonchev–Trinajstić information content (AvgIpc) is 2.70. The molecule has 0 aliphatic rings. The lowest BCUT2D eigenvalue weighted by Gasteiger charge is -2.11. The second kappa shape index (κ2) is 11.2. The number of aryl methyl sites for hydroxylation is 1. The van der Waals surface area contributed by atoms with Crippen LogP contribution in [0, 0.1) is 12.8 Å². The first kappa shape index (κ1) is 21.5. The topological polar surface area (TPSA) is 71.9 Å². The Kier molecular flexibility index (Phi) is 8.60. The van der Waals surface area contributed by atoms with E-state index >= 15 is 0 Å². The molecule has 0 saturated heterocycles. The summed E-state index contributed by atoms with van der Waals surface area (Å²) in [6.45, 7) is 5.26. The zero-order valence-electron chi connectivity index (χ0n) is 16.9. The van der Waals surface area contributed by atoms with Crippen molar-refractivity contribution in [3.8, 4) is 5.75 Å². The molecule has 5 nitrogen and oxygen atoms in total. The van der Waals surface area contributed by atoms with Crippen molar-refractivity contribution < 1.29 is 19.1 Å². The van der Waals surface area contributed by atoms with Gasteiger partial charge in [-0.1, -0.05) is 37.3 Å². The molecular weight excluding hydrogens is 352 g/mol. The molecule has 0 radical (unpaired) electrons. The van der Waals surface area contributed by atoms with E-state index in [1.54, 1.807) is 13.2 Å². The van der Waals surface area contributed by atoms with Crippen molar-refractivity contribution in [3.05, 3.63) is 70.8 Å². The number of methoxy groups -OCH3 is 1. The van der Waals surface area contributed by atoms with Gasteiger partial charge >= 0.3 is 5.71 Å². The van der Waals surface area contributed by atoms with Crippen LogP contribution in [0.15, 0.2) is 48.5 Å². The third kappa shape index (κ3) is 6.76. The third-order valence-electron chi connectivity index (χ3n) is 4.65. The molecule has 0 saturated carbocycles. The molecule has 0 bridgehead atoms. The van der Waals surface area contributed by atoms with Crippen molar-refractivity contribution in [1.29, 1.82) is 0 Å². The van der Waals surface area contributed by atoms with Crippen molar-refractivity contribution in [2.45, 2.75) is 39.7 Å². The molecule has 5 heteroatoms. The van der Waals surface area contributed by atoms with E-state index in [0.717, 1.165) is 24.0 Å². The molecule has 1 atom stereocenters. The first-order valence-corrected chi connectivity index (χ1v) is 9.56. The zero-order valence-corrected chi connectivity index (χ0v) is 16.9. The molecule has 0 N–H and O–H groups in total. The minimum Gasteiger partial charge on any atom is -0.497 e. The Balaban J connectivity index is 1.79. The summed E-state index contributed by atoms with van der Waals surface area (Å²) in [7, 11) is 1.57. The number of ether oxygens (including phenoxy) is 2. The Morgan fingerprint density at radius 3 is 2.57 bits per heavy atom. The number of carbonyl (C=O) groups excluding carboxylic acids is 1. The number of Topliss-reactive ketones (excluding diaryl/α,β-unsaturated/α-hetero) is 1. The van der Waals surface area contributed by atoms with Crippen LogP contribution in [0.3, 0.4) is 0 Å². The van der Waals surface area contributed by atoms with Gasteiger partial charge in [-0.25, -0.2) is 0 Å². The van der Waals surface area contributed by atoms with Crippen molar-refractivity contribution in [3.63, 3.8) is 0 Å². The Morgan fingerprint density at radius 2 is 1.89 bits per heavy atom. The molecule has 0 fully saturated rings. The summed E-state index contributed by atoms with van der Waals surface area (Å²) in [5.74, 6) is 0.798. The van der Waals surface area contributed by atoms with Gasteiger partial charge in [0.15, 0.2) is 0 Å². The summed E-state index contributed by atoms with van der Waals surface area (Å²) in [5, 5.41) is 0. The molecule has 148 valence electrons. The largest absolute Gasteiger partial charge is 0.497 e. The van der Waals surface area contributed by atoms with Crippen LogP contribution in [-0.2, 0) is 16.1 Å². The van der Waals surface area contributed by atoms with Gasteiger partial charge in [0.2, 0.25) is 5.78 Å². The zero-order chi connectivity index (χ0) is 20.4. The van der Waals surface area contributed by atoms with Crippen molar-refractivity contribution in [2.75, 3.05) is 13.7 Å². The van der Waals surface area contributed by atoms with E-state index in [2.05, 4.69) is 11.7 Å². The number of nitrogens with zero attached hydrogens (tertiary/aromatic N) is 2. The van der Waals surface area contributed by atoms with Crippen LogP contribution in [0.5, 0.6) is 5.75 Å². The lowest BCUT2D eigenvalue weighted by Crippen LogP contribution is -2.18. The maximum absolute atomic E-state index is 12.5. The lowest BCUT2D eigenvalue weighted by molar-refractivity contribution is -0.117. The smallest absolute Gasteiger partial charge is 0.365 e. The highest BCUT2D eigenvalue weighted by Crippen LogP contribution is 2.18. The minimum atomic E-state index is -0.174. The molecule has 0 heterocycles. The fraction of sp³-hybridized carbons (Fsp3) is 0.391. The summed E-state index contributed by atoms with van der Waals surface area (Å²) in [4.78, 5) is 15.8. The van der Waals surface area contributed by atoms with Crippen LogP contribution >= 0.6 is 0 Å². The van der Waals surface area contributed by atoms with E-state index in [1.165, 1.54) is 0 Å². The predicted octanol–water partition coefficient (Wildman–Crippen LogP) is 4.61. The van der Waals surface area contributed by atoms with Gasteiger partial charge in [-0.3, -0.25) is 4.79 Å². The van der Waals surface area contributed by atoms with Crippen molar-refractivity contribution >= 4 is 11.5 Å². The number of ketones is 1. The van der Waals surface area contributed by atoms with E-state index in [4.69, 9.17) is 9.47 Å². The quantitative estimate of drug-likeness (QED) is 0.247. The van der Waals surface area contributed by atoms with Gasteiger partial charge in [0.25, 0.3) is 0 Å². The van der Waals surface area contributed by atoms with Gasteiger partial charge in [0.05, 0.1) is 19.3 Å². The normalized spacial score (nSPS) is 11.5. The van der Waals surface area contributed by atoms with E-state index in [9.17, 15) is 10.3 Å². The summed E-state index contributed by atoms with van der Waals surface area (Å²) in [6, 6.07) is 15.4. The van der Waals surface area contributed by atoms with Crippen LogP contribution in [0.25, 0.3) is 5.53 Å². The highest BCUT2D eigenvalue weighted by atomic mass is 16.5. The predicted molar refractivity (Wildman–Crippen MR) is 110 cm³/mol. The monoisotopic (exact) mass is 380 g/mol. The molecule has 0 amide bonds. The average molecular weight is 380 g/mol. The van der Waals surface area contributed by atoms with Crippen LogP contribution < -0.4 is 4.74 Å². The summed E-state index contributed by atoms with van der Waals surface area (Å²) < 4.78 is 10.9. The maximum Gasteiger partial charge on any atom is 0.365 e. The molecule has 0 aliphatic carbocycles. The number of hydrogen-bond acceptors (Lipinski definition) is 3. The molecule has 2 aromatic carbocycles. The molecule has 0 aliphatic heterocycles. The van der Waals surface area contributed by atoms with Crippen LogP contribution in [0.2, 0.25) is 0 Å². The standard InChI is InChI=1S/C23H28N2O3/c1-17(11-12-28-16-19-7-5-4-6-8-19)9-10-22(26)23(25-24)20-13-18(2)14-21(15-20)27-3/h4-8,13-15,17H,9-12,16H2,1-3H3/t17-/m1/s1. The highest BCUT2D eigenvalue weighted by Gasteiger charge is 2.23. The third-order valence-corrected chi connectivity index (χ3v) is 4.65. The van der Waals surface area contributed by atoms with Crippen molar-refractivity contribution in [2.24, 2.45) is 5.92 Å². The first-order valence-electron chi connectivity index (χ1n) is 9.56. The van der Waals surface area contributed by atoms with Crippen molar-refractivity contribution in [1.82, 2.24) is 0 Å². The highest BCUT2D eigenvalue weighted by molar-refractivity contribution is 6.43. The van der Waals surface area contributed by atoms with Crippen LogP contribution in [0.4, 0.5) is 0 Å². The molecule has 0 unspecified atom stereocenters. The maximum atomic E-state index is 12.5. The van der Waals surface area contributed by atoms with Gasteiger partial charge in [-0.2, -0.15) is 4.79 Å². The fourth-order valence-corrected chi connectivity index (χ4v) is 2.97. The van der Waals surface area contributed by atoms with E-state index in [-0.39, 0.29) is 11.5 Å². The Morgan fingerprint density at radius 1 is 1.14 bits per heavy atom. The van der Waals surface area contributed by atoms with E-state index < -0.39 is 0 Å². The second-order valence-electron chi connectivity index (χ2n) is 7.08. The Hall–Kier alpha value is -2.75. The van der Waals surface area contributed by atoms with Gasteiger partial charge in [0.1, 0.15) is 5.75 Å². The molecular formula is C23H28N2O3. The molecule has 2 aromatic rings. The van der Waals surface area contributed by atoms with Gasteiger partial charge in [-0.05, 0) is 55.0 Å². The summed E-state index contributed by atoms with van der Waals surface area (Å²) in [6.07, 6.45) is 1.93. The Bertz CT molecular complexity index is 827. The number of hydrogen-bond donors (Lipinski definition) is 0. The second-order valence-corrected chi connectivity index (χ2v) is 7.08. The minimum absolute atomic E-state index is 0.0783. The van der Waals surface area contributed by atoms with Gasteiger partial charge < -0.3 is 15.0 Å². The SMILES string of the molecule is COc1cc(C)cc(C(=[N+]=[N-])C(=O)CC[C@@H](C)CCOCc2ccccc2)c1. The lowest BCUT2D eigenvalue weighted by atomic mass is 9.96. The molecule has 28 heavy (non-hydrogen) atoms. The summed E-state index contributed by atoms with van der Waals surface area (Å²) in [5.41, 5.74) is 12.1. The van der Waals surface area contributed by atoms with Crippen LogP contribution in [0.1, 0.15) is 42.9 Å². The van der Waals surface area contributed by atoms with Gasteiger partial charge in [0, 0.05) is 13.0 Å². The Labute approximate surface area is 166 Å². The molecule has 2 rings (SSSR count). The van der Waals surface area contributed by atoms with E-state index in [0.29, 0.717) is 36.9 Å². The van der Waals surface area contributed by atoms with Crippen LogP contribution in [-0.4, -0.2) is 30.0 Å². The summed E-state index contributed by atoms with van der Waals surface area (Å²) >= 11 is 0. The molecule has 0 aromatic heterocycles. The fourth-order valence-electron chi connectivity index (χ4n) is 2.97. The number of benzene rings is 2. The van der Waals surface area contributed by atoms with E-state index in [1.807, 2.05) is 49.4 Å².